The summed E-state index contributed by atoms with van der Waals surface area (Å²) in [6, 6.07) is 5.53. The van der Waals surface area contributed by atoms with Crippen molar-refractivity contribution in [3.05, 3.63) is 29.8 Å². The maximum Gasteiger partial charge on any atom is 0.379 e. The molecule has 0 atom stereocenters. The summed E-state index contributed by atoms with van der Waals surface area (Å²) in [5, 5.41) is 8.43. The normalized spacial score (nSPS) is 11.2. The molecule has 5 heteroatoms. The lowest BCUT2D eigenvalue weighted by molar-refractivity contribution is -0.166. The number of benzene rings is 1. The summed E-state index contributed by atoms with van der Waals surface area (Å²) in [7, 11) is 3.16. The predicted molar refractivity (Wildman–Crippen MR) is 52.3 cm³/mol. The zero-order chi connectivity index (χ0) is 11.6. The van der Waals surface area contributed by atoms with Gasteiger partial charge in [0, 0.05) is 19.8 Å². The molecular weight excluding hydrogens is 204 g/mol. The van der Waals surface area contributed by atoms with Crippen molar-refractivity contribution in [2.75, 3.05) is 19.0 Å². The maximum atomic E-state index is 13.3. The van der Waals surface area contributed by atoms with Crippen LogP contribution in [0.2, 0.25) is 0 Å². The van der Waals surface area contributed by atoms with Gasteiger partial charge in [0.2, 0.25) is 0 Å². The Labute approximate surface area is 85.9 Å². The highest BCUT2D eigenvalue weighted by atomic mass is 19.3. The number of carboxylic acids is 1. The molecule has 82 valence electrons. The van der Waals surface area contributed by atoms with Crippen LogP contribution in [0.5, 0.6) is 0 Å². The summed E-state index contributed by atoms with van der Waals surface area (Å²) < 4.78 is 26.5. The summed E-state index contributed by atoms with van der Waals surface area (Å²) >= 11 is 0. The van der Waals surface area contributed by atoms with E-state index in [1.165, 1.54) is 17.0 Å². The Morgan fingerprint density at radius 3 is 2.33 bits per heavy atom. The smallest absolute Gasteiger partial charge is 0.379 e. The number of halogens is 2. The molecule has 0 fully saturated rings. The molecule has 0 aliphatic carbocycles. The lowest BCUT2D eigenvalue weighted by Gasteiger charge is -2.20. The summed E-state index contributed by atoms with van der Waals surface area (Å²) in [6.45, 7) is 0. The molecule has 0 aliphatic rings. The van der Waals surface area contributed by atoms with Crippen molar-refractivity contribution in [1.82, 2.24) is 0 Å². The van der Waals surface area contributed by atoms with Gasteiger partial charge in [-0.1, -0.05) is 18.2 Å². The van der Waals surface area contributed by atoms with Crippen molar-refractivity contribution in [3.8, 4) is 0 Å². The molecule has 0 bridgehead atoms. The first-order chi connectivity index (χ1) is 6.87. The average Bonchev–Trinajstić information content (AvgIpc) is 2.17. The van der Waals surface area contributed by atoms with Gasteiger partial charge in [0.25, 0.3) is 0 Å². The molecule has 0 aromatic heterocycles. The molecular formula is C10H11F2NO2. The lowest BCUT2D eigenvalue weighted by atomic mass is 10.1. The van der Waals surface area contributed by atoms with Crippen molar-refractivity contribution in [1.29, 1.82) is 0 Å². The van der Waals surface area contributed by atoms with E-state index in [2.05, 4.69) is 0 Å². The van der Waals surface area contributed by atoms with Gasteiger partial charge in [0.15, 0.2) is 0 Å². The zero-order valence-electron chi connectivity index (χ0n) is 8.37. The SMILES string of the molecule is CN(C)c1ccccc1C(F)(F)C(=O)O. The number of para-hydroxylation sites is 1. The number of hydrogen-bond donors (Lipinski definition) is 1. The monoisotopic (exact) mass is 215 g/mol. The first-order valence-corrected chi connectivity index (χ1v) is 4.25. The topological polar surface area (TPSA) is 40.5 Å². The first kappa shape index (κ1) is 11.4. The molecule has 0 unspecified atom stereocenters. The third-order valence-corrected chi connectivity index (χ3v) is 1.99. The fraction of sp³-hybridized carbons (Fsp3) is 0.300. The highest BCUT2D eigenvalue weighted by Gasteiger charge is 2.43. The van der Waals surface area contributed by atoms with Crippen LogP contribution >= 0.6 is 0 Å². The van der Waals surface area contributed by atoms with E-state index in [0.717, 1.165) is 6.07 Å². The molecule has 0 saturated heterocycles. The standard InChI is InChI=1S/C10H11F2NO2/c1-13(2)8-6-4-3-5-7(8)10(11,12)9(14)15/h3-6H,1-2H3,(H,14,15). The molecule has 0 radical (unpaired) electrons. The van der Waals surface area contributed by atoms with Crippen molar-refractivity contribution in [2.45, 2.75) is 5.92 Å². The number of alkyl halides is 2. The van der Waals surface area contributed by atoms with Gasteiger partial charge in [-0.25, -0.2) is 4.79 Å². The van der Waals surface area contributed by atoms with E-state index in [9.17, 15) is 13.6 Å². The third kappa shape index (κ3) is 2.06. The van der Waals surface area contributed by atoms with Crippen LogP contribution in [-0.4, -0.2) is 25.2 Å². The predicted octanol–water partition coefficient (Wildman–Crippen LogP) is 1.93. The second kappa shape index (κ2) is 3.84. The molecule has 3 nitrogen and oxygen atoms in total. The Bertz CT molecular complexity index is 377. The summed E-state index contributed by atoms with van der Waals surface area (Å²) in [5.74, 6) is -6.00. The Balaban J connectivity index is 3.30. The van der Waals surface area contributed by atoms with E-state index >= 15 is 0 Å². The quantitative estimate of drug-likeness (QED) is 0.837. The highest BCUT2D eigenvalue weighted by molar-refractivity contribution is 5.80. The van der Waals surface area contributed by atoms with Gasteiger partial charge in [-0.3, -0.25) is 0 Å². The number of carbonyl (C=O) groups is 1. The minimum Gasteiger partial charge on any atom is -0.477 e. The third-order valence-electron chi connectivity index (χ3n) is 1.99. The van der Waals surface area contributed by atoms with Crippen LogP contribution in [0.3, 0.4) is 0 Å². The van der Waals surface area contributed by atoms with E-state index in [4.69, 9.17) is 5.11 Å². The molecule has 0 aliphatic heterocycles. The fourth-order valence-corrected chi connectivity index (χ4v) is 1.24. The van der Waals surface area contributed by atoms with Crippen LogP contribution in [0.1, 0.15) is 5.56 Å². The molecule has 0 heterocycles. The van der Waals surface area contributed by atoms with Crippen LogP contribution in [0.4, 0.5) is 14.5 Å². The number of anilines is 1. The maximum absolute atomic E-state index is 13.3. The van der Waals surface area contributed by atoms with Crippen LogP contribution < -0.4 is 4.90 Å². The van der Waals surface area contributed by atoms with Crippen LogP contribution in [0, 0.1) is 0 Å². The fourth-order valence-electron chi connectivity index (χ4n) is 1.24. The van der Waals surface area contributed by atoms with E-state index in [0.29, 0.717) is 0 Å². The largest absolute Gasteiger partial charge is 0.477 e. The second-order valence-corrected chi connectivity index (χ2v) is 3.29. The molecule has 1 aromatic rings. The van der Waals surface area contributed by atoms with E-state index in [1.54, 1.807) is 20.2 Å². The second-order valence-electron chi connectivity index (χ2n) is 3.29. The van der Waals surface area contributed by atoms with Crippen molar-refractivity contribution in [2.24, 2.45) is 0 Å². The minimum absolute atomic E-state index is 0.199. The van der Waals surface area contributed by atoms with Crippen molar-refractivity contribution < 1.29 is 18.7 Å². The Morgan fingerprint density at radius 1 is 1.33 bits per heavy atom. The van der Waals surface area contributed by atoms with E-state index in [-0.39, 0.29) is 5.69 Å². The Hall–Kier alpha value is -1.65. The molecule has 1 rings (SSSR count). The van der Waals surface area contributed by atoms with Crippen molar-refractivity contribution in [3.63, 3.8) is 0 Å². The Morgan fingerprint density at radius 2 is 1.87 bits per heavy atom. The van der Waals surface area contributed by atoms with Gasteiger partial charge in [0.05, 0.1) is 5.56 Å². The average molecular weight is 215 g/mol. The number of hydrogen-bond acceptors (Lipinski definition) is 2. The van der Waals surface area contributed by atoms with Gasteiger partial charge in [-0.05, 0) is 6.07 Å². The zero-order valence-corrected chi connectivity index (χ0v) is 8.37. The number of carboxylic acid groups (broad SMARTS) is 1. The molecule has 1 N–H and O–H groups in total. The van der Waals surface area contributed by atoms with Gasteiger partial charge in [-0.15, -0.1) is 0 Å². The summed E-state index contributed by atoms with van der Waals surface area (Å²) in [5.41, 5.74) is -0.299. The number of nitrogens with zero attached hydrogens (tertiary/aromatic N) is 1. The van der Waals surface area contributed by atoms with Gasteiger partial charge >= 0.3 is 11.9 Å². The van der Waals surface area contributed by atoms with Gasteiger partial charge in [0.1, 0.15) is 0 Å². The minimum atomic E-state index is -3.86. The summed E-state index contributed by atoms with van der Waals surface area (Å²) in [6.07, 6.45) is 0. The molecule has 1 aromatic carbocycles. The number of rotatable bonds is 3. The summed E-state index contributed by atoms with van der Waals surface area (Å²) in [4.78, 5) is 11.9. The van der Waals surface area contributed by atoms with Gasteiger partial charge in [-0.2, -0.15) is 8.78 Å². The highest BCUT2D eigenvalue weighted by Crippen LogP contribution is 2.34. The molecule has 0 amide bonds. The van der Waals surface area contributed by atoms with Crippen LogP contribution in [-0.2, 0) is 10.7 Å². The van der Waals surface area contributed by atoms with Crippen molar-refractivity contribution >= 4 is 11.7 Å². The molecule has 0 saturated carbocycles. The van der Waals surface area contributed by atoms with Gasteiger partial charge < -0.3 is 10.0 Å². The van der Waals surface area contributed by atoms with Crippen LogP contribution in [0.25, 0.3) is 0 Å². The van der Waals surface area contributed by atoms with Crippen LogP contribution in [0.15, 0.2) is 24.3 Å². The molecule has 0 spiro atoms. The van der Waals surface area contributed by atoms with E-state index in [1.807, 2.05) is 0 Å². The van der Waals surface area contributed by atoms with E-state index < -0.39 is 17.5 Å². The number of aliphatic carboxylic acids is 1. The molecule has 15 heavy (non-hydrogen) atoms. The first-order valence-electron chi connectivity index (χ1n) is 4.25. The Kier molecular flexibility index (Phi) is 2.93. The lowest BCUT2D eigenvalue weighted by Crippen LogP contribution is -2.28.